The molecule has 4 rings (SSSR count). The maximum absolute atomic E-state index is 13.1. The second kappa shape index (κ2) is 8.03. The van der Waals surface area contributed by atoms with Gasteiger partial charge in [-0.15, -0.1) is 11.3 Å². The molecule has 0 spiro atoms. The Morgan fingerprint density at radius 3 is 2.57 bits per heavy atom. The quantitative estimate of drug-likeness (QED) is 0.685. The highest BCUT2D eigenvalue weighted by atomic mass is 32.2. The summed E-state index contributed by atoms with van der Waals surface area (Å²) < 4.78 is 33.6. The molecule has 0 atom stereocenters. The first-order valence-electron chi connectivity index (χ1n) is 9.88. The lowest BCUT2D eigenvalue weighted by molar-refractivity contribution is -0.132. The summed E-state index contributed by atoms with van der Waals surface area (Å²) in [7, 11) is -2.75. The highest BCUT2D eigenvalue weighted by molar-refractivity contribution is 7.94. The molecule has 2 aromatic rings. The highest BCUT2D eigenvalue weighted by Gasteiger charge is 2.36. The van der Waals surface area contributed by atoms with E-state index in [2.05, 4.69) is 4.72 Å². The third-order valence-corrected chi connectivity index (χ3v) is 8.59. The molecule has 1 aromatic carbocycles. The van der Waals surface area contributed by atoms with Crippen molar-refractivity contribution in [3.05, 3.63) is 45.8 Å². The van der Waals surface area contributed by atoms with E-state index >= 15 is 0 Å². The fraction of sp³-hybridized carbons (Fsp3) is 0.429. The van der Waals surface area contributed by atoms with Crippen molar-refractivity contribution in [1.82, 2.24) is 4.90 Å². The number of hydrogen-bond acceptors (Lipinski definition) is 6. The molecule has 0 radical (unpaired) electrons. The number of carbonyl (C=O) groups is 2. The lowest BCUT2D eigenvalue weighted by Crippen LogP contribution is -2.35. The minimum Gasteiger partial charge on any atom is -0.465 e. The van der Waals surface area contributed by atoms with Gasteiger partial charge in [-0.2, -0.15) is 0 Å². The van der Waals surface area contributed by atoms with Gasteiger partial charge in [-0.05, 0) is 49.8 Å². The molecule has 0 unspecified atom stereocenters. The van der Waals surface area contributed by atoms with E-state index in [9.17, 15) is 18.0 Å². The van der Waals surface area contributed by atoms with E-state index in [0.29, 0.717) is 43.1 Å². The first-order valence-corrected chi connectivity index (χ1v) is 12.2. The SMILES string of the molecule is COC(=O)c1c(S(=O)(=O)Nc2ccc(C)cc2)sc2c1CCN(C(=O)CC1CC1)C2. The Morgan fingerprint density at radius 1 is 1.23 bits per heavy atom. The van der Waals surface area contributed by atoms with Crippen LogP contribution < -0.4 is 4.72 Å². The maximum atomic E-state index is 13.1. The van der Waals surface area contributed by atoms with E-state index in [4.69, 9.17) is 4.74 Å². The van der Waals surface area contributed by atoms with E-state index in [1.165, 1.54) is 7.11 Å². The molecule has 0 bridgehead atoms. The molecular weight excluding hydrogens is 424 g/mol. The minimum absolute atomic E-state index is 0.0589. The van der Waals surface area contributed by atoms with Crippen LogP contribution in [-0.4, -0.2) is 38.8 Å². The molecule has 1 saturated carbocycles. The lowest BCUT2D eigenvalue weighted by Gasteiger charge is -2.27. The van der Waals surface area contributed by atoms with Crippen molar-refractivity contribution in [2.75, 3.05) is 18.4 Å². The van der Waals surface area contributed by atoms with Gasteiger partial charge >= 0.3 is 5.97 Å². The standard InChI is InChI=1S/C21H24N2O5S2/c1-13-3-7-15(8-4-13)22-30(26,27)21-19(20(25)28-2)16-9-10-23(12-17(16)29-21)18(24)11-14-5-6-14/h3-4,7-8,14,22H,5-6,9-12H2,1-2H3. The number of anilines is 1. The second-order valence-corrected chi connectivity index (χ2v) is 10.8. The Kier molecular flexibility index (Phi) is 5.59. The Morgan fingerprint density at radius 2 is 1.93 bits per heavy atom. The molecule has 160 valence electrons. The maximum Gasteiger partial charge on any atom is 0.340 e. The highest BCUT2D eigenvalue weighted by Crippen LogP contribution is 2.38. The lowest BCUT2D eigenvalue weighted by atomic mass is 10.0. The number of rotatable bonds is 6. The number of benzene rings is 1. The average molecular weight is 449 g/mol. The molecule has 1 aliphatic heterocycles. The molecule has 2 heterocycles. The number of hydrogen-bond donors (Lipinski definition) is 1. The second-order valence-electron chi connectivity index (χ2n) is 7.84. The van der Waals surface area contributed by atoms with Crippen LogP contribution in [0.3, 0.4) is 0 Å². The van der Waals surface area contributed by atoms with Crippen LogP contribution in [0.25, 0.3) is 0 Å². The number of amides is 1. The van der Waals surface area contributed by atoms with E-state index < -0.39 is 16.0 Å². The van der Waals surface area contributed by atoms with Gasteiger partial charge in [0.25, 0.3) is 10.0 Å². The molecule has 7 nitrogen and oxygen atoms in total. The summed E-state index contributed by atoms with van der Waals surface area (Å²) in [6, 6.07) is 6.97. The zero-order chi connectivity index (χ0) is 21.5. The number of fused-ring (bicyclic) bond motifs is 1. The summed E-state index contributed by atoms with van der Waals surface area (Å²) in [4.78, 5) is 27.5. The number of ether oxygens (including phenoxy) is 1. The fourth-order valence-corrected chi connectivity index (χ4v) is 6.57. The predicted octanol–water partition coefficient (Wildman–Crippen LogP) is 3.33. The van der Waals surface area contributed by atoms with Crippen LogP contribution >= 0.6 is 11.3 Å². The first kappa shape index (κ1) is 20.9. The smallest absolute Gasteiger partial charge is 0.340 e. The van der Waals surface area contributed by atoms with Crippen LogP contribution in [0.1, 0.15) is 45.6 Å². The van der Waals surface area contributed by atoms with Crippen molar-refractivity contribution in [1.29, 1.82) is 0 Å². The van der Waals surface area contributed by atoms with E-state index in [1.54, 1.807) is 17.0 Å². The zero-order valence-electron chi connectivity index (χ0n) is 16.9. The summed E-state index contributed by atoms with van der Waals surface area (Å²) in [5, 5.41) is 0. The van der Waals surface area contributed by atoms with Crippen LogP contribution in [0, 0.1) is 12.8 Å². The van der Waals surface area contributed by atoms with Gasteiger partial charge in [-0.25, -0.2) is 13.2 Å². The van der Waals surface area contributed by atoms with Crippen molar-refractivity contribution in [2.45, 2.75) is 43.4 Å². The summed E-state index contributed by atoms with van der Waals surface area (Å²) in [5.41, 5.74) is 2.19. The molecular formula is C21H24N2O5S2. The van der Waals surface area contributed by atoms with Gasteiger partial charge in [0.1, 0.15) is 0 Å². The number of sulfonamides is 1. The zero-order valence-corrected chi connectivity index (χ0v) is 18.6. The van der Waals surface area contributed by atoms with Gasteiger partial charge in [0.2, 0.25) is 5.91 Å². The molecule has 0 saturated heterocycles. The third-order valence-electron chi connectivity index (χ3n) is 5.47. The van der Waals surface area contributed by atoms with Gasteiger partial charge in [-0.3, -0.25) is 9.52 Å². The van der Waals surface area contributed by atoms with Crippen LogP contribution in [-0.2, 0) is 32.5 Å². The number of esters is 1. The molecule has 9 heteroatoms. The minimum atomic E-state index is -3.99. The number of carbonyl (C=O) groups excluding carboxylic acids is 2. The molecule has 1 aromatic heterocycles. The van der Waals surface area contributed by atoms with Crippen molar-refractivity contribution < 1.29 is 22.7 Å². The van der Waals surface area contributed by atoms with Crippen LogP contribution in [0.15, 0.2) is 28.5 Å². The number of methoxy groups -OCH3 is 1. The molecule has 1 amide bonds. The van der Waals surface area contributed by atoms with Crippen LogP contribution in [0.2, 0.25) is 0 Å². The van der Waals surface area contributed by atoms with E-state index in [0.717, 1.165) is 34.6 Å². The summed E-state index contributed by atoms with van der Waals surface area (Å²) in [5.74, 6) is -0.0876. The summed E-state index contributed by atoms with van der Waals surface area (Å²) in [6.45, 7) is 2.72. The molecule has 1 aliphatic carbocycles. The molecule has 2 aliphatic rings. The van der Waals surface area contributed by atoms with Gasteiger partial charge in [0.05, 0.1) is 19.2 Å². The topological polar surface area (TPSA) is 92.8 Å². The van der Waals surface area contributed by atoms with Crippen molar-refractivity contribution in [3.63, 3.8) is 0 Å². The molecule has 1 N–H and O–H groups in total. The van der Waals surface area contributed by atoms with Gasteiger partial charge < -0.3 is 9.64 Å². The van der Waals surface area contributed by atoms with E-state index in [1.807, 2.05) is 19.1 Å². The van der Waals surface area contributed by atoms with Crippen molar-refractivity contribution in [3.8, 4) is 0 Å². The summed E-state index contributed by atoms with van der Waals surface area (Å²) in [6.07, 6.45) is 3.18. The predicted molar refractivity (Wildman–Crippen MR) is 114 cm³/mol. The first-order chi connectivity index (χ1) is 14.3. The summed E-state index contributed by atoms with van der Waals surface area (Å²) >= 11 is 1.05. The normalized spacial score (nSPS) is 16.1. The van der Waals surface area contributed by atoms with Crippen molar-refractivity contribution >= 4 is 38.9 Å². The monoisotopic (exact) mass is 448 g/mol. The largest absolute Gasteiger partial charge is 0.465 e. The molecule has 1 fully saturated rings. The number of thiophene rings is 1. The number of nitrogens with one attached hydrogen (secondary N) is 1. The Balaban J connectivity index is 1.66. The Bertz CT molecular complexity index is 1090. The van der Waals surface area contributed by atoms with E-state index in [-0.39, 0.29) is 15.7 Å². The number of nitrogens with zero attached hydrogens (tertiary/aromatic N) is 1. The van der Waals surface area contributed by atoms with Crippen LogP contribution in [0.4, 0.5) is 5.69 Å². The fourth-order valence-electron chi connectivity index (χ4n) is 3.61. The van der Waals surface area contributed by atoms with Gasteiger partial charge in [-0.1, -0.05) is 17.7 Å². The number of aryl methyl sites for hydroxylation is 1. The van der Waals surface area contributed by atoms with Crippen molar-refractivity contribution in [2.24, 2.45) is 5.92 Å². The Labute approximate surface area is 180 Å². The molecule has 30 heavy (non-hydrogen) atoms. The Hall–Kier alpha value is -2.39. The third kappa shape index (κ3) is 4.22. The average Bonchev–Trinajstić information content (AvgIpc) is 3.44. The van der Waals surface area contributed by atoms with Gasteiger partial charge in [0, 0.05) is 23.5 Å². The van der Waals surface area contributed by atoms with Gasteiger partial charge in [0.15, 0.2) is 4.21 Å². The van der Waals surface area contributed by atoms with Crippen LogP contribution in [0.5, 0.6) is 0 Å².